The van der Waals surface area contributed by atoms with E-state index in [1.165, 1.54) is 12.4 Å². The fourth-order valence-electron chi connectivity index (χ4n) is 0.806. The Morgan fingerprint density at radius 1 is 1.71 bits per heavy atom. The van der Waals surface area contributed by atoms with Crippen molar-refractivity contribution in [3.63, 3.8) is 0 Å². The van der Waals surface area contributed by atoms with E-state index in [9.17, 15) is 4.79 Å². The average Bonchev–Trinajstić information content (AvgIpc) is 2.16. The molecule has 1 aromatic heterocycles. The van der Waals surface area contributed by atoms with Crippen LogP contribution >= 0.6 is 11.6 Å². The molecule has 1 rings (SSSR count). The number of aromatic nitrogens is 2. The molecule has 0 fully saturated rings. The van der Waals surface area contributed by atoms with E-state index in [0.29, 0.717) is 12.2 Å². The number of anilines is 1. The van der Waals surface area contributed by atoms with Crippen LogP contribution < -0.4 is 11.1 Å². The van der Waals surface area contributed by atoms with E-state index in [0.717, 1.165) is 0 Å². The number of carbonyl (C=O) groups is 1. The zero-order valence-electron chi connectivity index (χ0n) is 7.70. The van der Waals surface area contributed by atoms with Crippen LogP contribution in [0.1, 0.15) is 13.3 Å². The maximum atomic E-state index is 11.3. The first-order valence-electron chi connectivity index (χ1n) is 4.17. The largest absolute Gasteiger partial charge is 0.320 e. The first-order valence-corrected chi connectivity index (χ1v) is 4.55. The van der Waals surface area contributed by atoms with Gasteiger partial charge in [-0.25, -0.2) is 9.97 Å². The summed E-state index contributed by atoms with van der Waals surface area (Å²) in [5.41, 5.74) is 5.51. The van der Waals surface area contributed by atoms with Crippen molar-refractivity contribution in [2.75, 3.05) is 5.32 Å². The molecule has 0 saturated heterocycles. The van der Waals surface area contributed by atoms with Gasteiger partial charge < -0.3 is 11.1 Å². The Morgan fingerprint density at radius 3 is 3.00 bits per heavy atom. The Kier molecular flexibility index (Phi) is 3.79. The SMILES string of the molecule is CC[C@H](N)C(=O)Nc1cc(Cl)ncn1. The molecule has 0 aliphatic carbocycles. The number of nitrogens with zero attached hydrogens (tertiary/aromatic N) is 2. The molecule has 3 N–H and O–H groups in total. The van der Waals surface area contributed by atoms with Crippen molar-refractivity contribution in [1.82, 2.24) is 9.97 Å². The van der Waals surface area contributed by atoms with Gasteiger partial charge in [0.05, 0.1) is 6.04 Å². The van der Waals surface area contributed by atoms with Gasteiger partial charge >= 0.3 is 0 Å². The highest BCUT2D eigenvalue weighted by Crippen LogP contribution is 2.08. The highest BCUT2D eigenvalue weighted by molar-refractivity contribution is 6.29. The summed E-state index contributed by atoms with van der Waals surface area (Å²) in [5, 5.41) is 2.81. The normalized spacial score (nSPS) is 12.2. The third kappa shape index (κ3) is 2.93. The molecule has 0 saturated carbocycles. The van der Waals surface area contributed by atoms with E-state index in [1.54, 1.807) is 0 Å². The summed E-state index contributed by atoms with van der Waals surface area (Å²) in [5.74, 6) is 0.0844. The molecule has 1 atom stereocenters. The molecule has 1 amide bonds. The van der Waals surface area contributed by atoms with Crippen LogP contribution in [0.5, 0.6) is 0 Å². The molecule has 5 nitrogen and oxygen atoms in total. The summed E-state index contributed by atoms with van der Waals surface area (Å²) in [6, 6.07) is 0.936. The first-order chi connectivity index (χ1) is 6.63. The standard InChI is InChI=1S/C8H11ClN4O/c1-2-5(10)8(14)13-7-3-6(9)11-4-12-7/h3-5H,2,10H2,1H3,(H,11,12,13,14)/t5-/m0/s1. The van der Waals surface area contributed by atoms with Crippen molar-refractivity contribution >= 4 is 23.3 Å². The van der Waals surface area contributed by atoms with Crippen LogP contribution in [0.2, 0.25) is 5.15 Å². The van der Waals surface area contributed by atoms with E-state index in [4.69, 9.17) is 17.3 Å². The number of amides is 1. The predicted octanol–water partition coefficient (Wildman–Crippen LogP) is 0.806. The van der Waals surface area contributed by atoms with Gasteiger partial charge in [-0.05, 0) is 6.42 Å². The lowest BCUT2D eigenvalue weighted by atomic mass is 10.2. The van der Waals surface area contributed by atoms with E-state index < -0.39 is 6.04 Å². The number of hydrogen-bond acceptors (Lipinski definition) is 4. The molecule has 1 aromatic rings. The minimum Gasteiger partial charge on any atom is -0.320 e. The molecule has 0 aliphatic heterocycles. The van der Waals surface area contributed by atoms with Crippen molar-refractivity contribution < 1.29 is 4.79 Å². The highest BCUT2D eigenvalue weighted by atomic mass is 35.5. The van der Waals surface area contributed by atoms with E-state index in [1.807, 2.05) is 6.92 Å². The number of carbonyl (C=O) groups excluding carboxylic acids is 1. The quantitative estimate of drug-likeness (QED) is 0.730. The van der Waals surface area contributed by atoms with Crippen molar-refractivity contribution in [2.45, 2.75) is 19.4 Å². The molecule has 0 spiro atoms. The summed E-state index contributed by atoms with van der Waals surface area (Å²) < 4.78 is 0. The van der Waals surface area contributed by atoms with Gasteiger partial charge in [0.2, 0.25) is 5.91 Å². The fraction of sp³-hybridized carbons (Fsp3) is 0.375. The predicted molar refractivity (Wildman–Crippen MR) is 53.9 cm³/mol. The molecule has 0 aromatic carbocycles. The summed E-state index contributed by atoms with van der Waals surface area (Å²) in [7, 11) is 0. The topological polar surface area (TPSA) is 80.9 Å². The second-order valence-electron chi connectivity index (χ2n) is 2.73. The summed E-state index contributed by atoms with van der Waals surface area (Å²) >= 11 is 5.61. The van der Waals surface area contributed by atoms with Crippen LogP contribution in [0.3, 0.4) is 0 Å². The van der Waals surface area contributed by atoms with E-state index in [2.05, 4.69) is 15.3 Å². The molecule has 0 bridgehead atoms. The Labute approximate surface area is 86.7 Å². The third-order valence-electron chi connectivity index (χ3n) is 1.66. The van der Waals surface area contributed by atoms with Crippen LogP contribution in [0.4, 0.5) is 5.82 Å². The Balaban J connectivity index is 2.65. The van der Waals surface area contributed by atoms with Gasteiger partial charge in [0, 0.05) is 6.07 Å². The van der Waals surface area contributed by atoms with Crippen molar-refractivity contribution in [2.24, 2.45) is 5.73 Å². The van der Waals surface area contributed by atoms with E-state index in [-0.39, 0.29) is 11.1 Å². The molecule has 0 unspecified atom stereocenters. The number of nitrogens with two attached hydrogens (primary N) is 1. The minimum atomic E-state index is -0.524. The average molecular weight is 215 g/mol. The summed E-state index contributed by atoms with van der Waals surface area (Å²) in [6.07, 6.45) is 1.85. The zero-order valence-corrected chi connectivity index (χ0v) is 8.45. The van der Waals surface area contributed by atoms with Crippen molar-refractivity contribution in [3.05, 3.63) is 17.5 Å². The van der Waals surface area contributed by atoms with Crippen molar-refractivity contribution in [1.29, 1.82) is 0 Å². The van der Waals surface area contributed by atoms with Crippen LogP contribution in [0.25, 0.3) is 0 Å². The Morgan fingerprint density at radius 2 is 2.43 bits per heavy atom. The van der Waals surface area contributed by atoms with Gasteiger partial charge in [-0.15, -0.1) is 0 Å². The van der Waals surface area contributed by atoms with Crippen LogP contribution in [-0.4, -0.2) is 21.9 Å². The molecule has 76 valence electrons. The lowest BCUT2D eigenvalue weighted by Crippen LogP contribution is -2.35. The van der Waals surface area contributed by atoms with Gasteiger partial charge in [-0.1, -0.05) is 18.5 Å². The Hall–Kier alpha value is -1.20. The van der Waals surface area contributed by atoms with Crippen LogP contribution in [-0.2, 0) is 4.79 Å². The fourth-order valence-corrected chi connectivity index (χ4v) is 0.953. The molecular formula is C8H11ClN4O. The maximum Gasteiger partial charge on any atom is 0.242 e. The lowest BCUT2D eigenvalue weighted by molar-refractivity contribution is -0.117. The van der Waals surface area contributed by atoms with Gasteiger partial charge in [0.1, 0.15) is 17.3 Å². The van der Waals surface area contributed by atoms with Crippen LogP contribution in [0, 0.1) is 0 Å². The van der Waals surface area contributed by atoms with Gasteiger partial charge in [0.15, 0.2) is 0 Å². The molecular weight excluding hydrogens is 204 g/mol. The second-order valence-corrected chi connectivity index (χ2v) is 3.12. The summed E-state index contributed by atoms with van der Waals surface area (Å²) in [6.45, 7) is 1.83. The lowest BCUT2D eigenvalue weighted by Gasteiger charge is -2.08. The van der Waals surface area contributed by atoms with Gasteiger partial charge in [0.25, 0.3) is 0 Å². The molecule has 0 radical (unpaired) electrons. The third-order valence-corrected chi connectivity index (χ3v) is 1.87. The zero-order chi connectivity index (χ0) is 10.6. The number of nitrogens with one attached hydrogen (secondary N) is 1. The molecule has 1 heterocycles. The second kappa shape index (κ2) is 4.88. The maximum absolute atomic E-state index is 11.3. The molecule has 0 aliphatic rings. The molecule has 14 heavy (non-hydrogen) atoms. The van der Waals surface area contributed by atoms with Crippen LogP contribution in [0.15, 0.2) is 12.4 Å². The van der Waals surface area contributed by atoms with Gasteiger partial charge in [-0.2, -0.15) is 0 Å². The minimum absolute atomic E-state index is 0.276. The number of halogens is 1. The smallest absolute Gasteiger partial charge is 0.242 e. The van der Waals surface area contributed by atoms with Crippen molar-refractivity contribution in [3.8, 4) is 0 Å². The van der Waals surface area contributed by atoms with Gasteiger partial charge in [-0.3, -0.25) is 4.79 Å². The Bertz CT molecular complexity index is 331. The first kappa shape index (κ1) is 10.9. The molecule has 6 heteroatoms. The summed E-state index contributed by atoms with van der Waals surface area (Å²) in [4.78, 5) is 18.8. The number of hydrogen-bond donors (Lipinski definition) is 2. The highest BCUT2D eigenvalue weighted by Gasteiger charge is 2.11. The van der Waals surface area contributed by atoms with E-state index >= 15 is 0 Å². The monoisotopic (exact) mass is 214 g/mol. The number of rotatable bonds is 3.